The van der Waals surface area contributed by atoms with E-state index in [1.54, 1.807) is 48.8 Å². The quantitative estimate of drug-likeness (QED) is 0.645. The van der Waals surface area contributed by atoms with Crippen LogP contribution in [0.15, 0.2) is 60.9 Å². The van der Waals surface area contributed by atoms with E-state index in [4.69, 9.17) is 0 Å². The Kier molecular flexibility index (Phi) is 3.63. The lowest BCUT2D eigenvalue weighted by Crippen LogP contribution is -2.11. The van der Waals surface area contributed by atoms with E-state index >= 15 is 0 Å². The molecule has 1 aliphatic heterocycles. The highest BCUT2D eigenvalue weighted by atomic mass is 16.2. The van der Waals surface area contributed by atoms with Gasteiger partial charge >= 0.3 is 0 Å². The lowest BCUT2D eigenvalue weighted by atomic mass is 10.1. The van der Waals surface area contributed by atoms with Gasteiger partial charge in [0, 0.05) is 34.9 Å². The van der Waals surface area contributed by atoms with Crippen molar-refractivity contribution in [1.82, 2.24) is 9.97 Å². The van der Waals surface area contributed by atoms with Crippen LogP contribution in [0.4, 0.5) is 11.4 Å². The van der Waals surface area contributed by atoms with Gasteiger partial charge < -0.3 is 15.6 Å². The Morgan fingerprint density at radius 3 is 2.72 bits per heavy atom. The Hall–Kier alpha value is -3.67. The summed E-state index contributed by atoms with van der Waals surface area (Å²) in [7, 11) is 0. The lowest BCUT2D eigenvalue weighted by Gasteiger charge is -2.07. The predicted molar refractivity (Wildman–Crippen MR) is 95.9 cm³/mol. The fourth-order valence-electron chi connectivity index (χ4n) is 2.70. The summed E-state index contributed by atoms with van der Waals surface area (Å²) in [6.45, 7) is 0. The molecule has 0 saturated heterocycles. The molecule has 1 aliphatic rings. The molecule has 6 nitrogen and oxygen atoms in total. The molecule has 0 aliphatic carbocycles. The highest BCUT2D eigenvalue weighted by Gasteiger charge is 2.25. The van der Waals surface area contributed by atoms with Crippen LogP contribution in [0.2, 0.25) is 0 Å². The number of fused-ring (bicyclic) bond motifs is 1. The van der Waals surface area contributed by atoms with Crippen molar-refractivity contribution in [3.8, 4) is 0 Å². The van der Waals surface area contributed by atoms with Crippen LogP contribution in [0.5, 0.6) is 0 Å². The van der Waals surface area contributed by atoms with Crippen molar-refractivity contribution < 1.29 is 9.59 Å². The summed E-state index contributed by atoms with van der Waals surface area (Å²) in [6.07, 6.45) is 5.00. The number of rotatable bonds is 3. The van der Waals surface area contributed by atoms with E-state index in [0.29, 0.717) is 28.3 Å². The minimum absolute atomic E-state index is 0.196. The number of imidazole rings is 1. The molecule has 0 spiro atoms. The second-order valence-electron chi connectivity index (χ2n) is 5.57. The Balaban J connectivity index is 1.65. The molecule has 4 rings (SSSR count). The van der Waals surface area contributed by atoms with E-state index in [-0.39, 0.29) is 11.8 Å². The van der Waals surface area contributed by atoms with Crippen molar-refractivity contribution >= 4 is 34.8 Å². The van der Waals surface area contributed by atoms with E-state index in [1.165, 1.54) is 0 Å². The molecule has 3 N–H and O–H groups in total. The third-order valence-corrected chi connectivity index (χ3v) is 3.90. The number of anilines is 2. The minimum Gasteiger partial charge on any atom is -0.345 e. The lowest BCUT2D eigenvalue weighted by molar-refractivity contribution is -0.110. The van der Waals surface area contributed by atoms with E-state index < -0.39 is 0 Å². The highest BCUT2D eigenvalue weighted by molar-refractivity contribution is 6.35. The normalized spacial score (nSPS) is 14.2. The smallest absolute Gasteiger partial charge is 0.256 e. The molecule has 0 radical (unpaired) electrons. The molecule has 0 fully saturated rings. The second-order valence-corrected chi connectivity index (χ2v) is 5.57. The number of carbonyl (C=O) groups is 2. The first-order valence-corrected chi connectivity index (χ1v) is 7.74. The molecule has 0 saturated carbocycles. The number of hydrogen-bond acceptors (Lipinski definition) is 3. The molecule has 2 amide bonds. The maximum Gasteiger partial charge on any atom is 0.256 e. The Bertz CT molecular complexity index is 976. The molecular formula is C19H14N4O2. The van der Waals surface area contributed by atoms with Crippen molar-refractivity contribution in [2.75, 3.05) is 10.6 Å². The average Bonchev–Trinajstić information content (AvgIpc) is 3.25. The van der Waals surface area contributed by atoms with Crippen LogP contribution in [0.3, 0.4) is 0 Å². The fraction of sp³-hybridized carbons (Fsp3) is 0. The second kappa shape index (κ2) is 6.09. The van der Waals surface area contributed by atoms with Crippen LogP contribution in [0.25, 0.3) is 11.6 Å². The number of amides is 2. The predicted octanol–water partition coefficient (Wildman–Crippen LogP) is 3.15. The van der Waals surface area contributed by atoms with Crippen LogP contribution < -0.4 is 10.6 Å². The fourth-order valence-corrected chi connectivity index (χ4v) is 2.70. The van der Waals surface area contributed by atoms with Crippen LogP contribution in [0.1, 0.15) is 21.7 Å². The summed E-state index contributed by atoms with van der Waals surface area (Å²) in [6, 6.07) is 14.3. The number of benzene rings is 2. The van der Waals surface area contributed by atoms with Crippen LogP contribution in [0, 0.1) is 0 Å². The van der Waals surface area contributed by atoms with Crippen LogP contribution in [-0.4, -0.2) is 21.8 Å². The molecule has 0 unspecified atom stereocenters. The highest BCUT2D eigenvalue weighted by Crippen LogP contribution is 2.34. The van der Waals surface area contributed by atoms with E-state index in [2.05, 4.69) is 20.6 Å². The summed E-state index contributed by atoms with van der Waals surface area (Å²) in [4.78, 5) is 31.6. The molecule has 2 aromatic carbocycles. The zero-order valence-corrected chi connectivity index (χ0v) is 13.1. The van der Waals surface area contributed by atoms with Gasteiger partial charge in [0.15, 0.2) is 0 Å². The first kappa shape index (κ1) is 14.9. The topological polar surface area (TPSA) is 86.9 Å². The Morgan fingerprint density at radius 1 is 1.12 bits per heavy atom. The first-order valence-electron chi connectivity index (χ1n) is 7.74. The largest absolute Gasteiger partial charge is 0.345 e. The third-order valence-electron chi connectivity index (χ3n) is 3.90. The SMILES string of the molecule is O=C1Nc2ccc(NC(=O)c3ccccc3)cc2/C1=C/c1ncc[nH]1. The van der Waals surface area contributed by atoms with E-state index in [1.807, 2.05) is 18.2 Å². The number of aromatic amines is 1. The summed E-state index contributed by atoms with van der Waals surface area (Å²) < 4.78 is 0. The molecule has 2 heterocycles. The van der Waals surface area contributed by atoms with Gasteiger partial charge in [-0.05, 0) is 36.4 Å². The average molecular weight is 330 g/mol. The Labute approximate surface area is 143 Å². The van der Waals surface area contributed by atoms with Crippen molar-refractivity contribution in [2.24, 2.45) is 0 Å². The monoisotopic (exact) mass is 330 g/mol. The van der Waals surface area contributed by atoms with Gasteiger partial charge in [-0.3, -0.25) is 9.59 Å². The zero-order chi connectivity index (χ0) is 17.2. The van der Waals surface area contributed by atoms with Crippen molar-refractivity contribution in [2.45, 2.75) is 0 Å². The molecule has 0 atom stereocenters. The van der Waals surface area contributed by atoms with Gasteiger partial charge in [0.25, 0.3) is 11.8 Å². The van der Waals surface area contributed by atoms with Crippen molar-refractivity contribution in [3.05, 3.63) is 77.9 Å². The van der Waals surface area contributed by atoms with Gasteiger partial charge in [-0.15, -0.1) is 0 Å². The molecule has 25 heavy (non-hydrogen) atoms. The van der Waals surface area contributed by atoms with Gasteiger partial charge in [0.2, 0.25) is 0 Å². The van der Waals surface area contributed by atoms with Crippen molar-refractivity contribution in [1.29, 1.82) is 0 Å². The first-order chi connectivity index (χ1) is 12.2. The molecule has 122 valence electrons. The minimum atomic E-state index is -0.200. The van der Waals surface area contributed by atoms with Gasteiger partial charge in [0.05, 0.1) is 5.57 Å². The van der Waals surface area contributed by atoms with Crippen LogP contribution >= 0.6 is 0 Å². The molecule has 6 heteroatoms. The van der Waals surface area contributed by atoms with Crippen molar-refractivity contribution in [3.63, 3.8) is 0 Å². The molecule has 0 bridgehead atoms. The molecule has 3 aromatic rings. The van der Waals surface area contributed by atoms with Crippen LogP contribution in [-0.2, 0) is 4.79 Å². The zero-order valence-electron chi connectivity index (χ0n) is 13.1. The number of carbonyl (C=O) groups excluding carboxylic acids is 2. The summed E-state index contributed by atoms with van der Waals surface area (Å²) in [5.74, 6) is 0.198. The third kappa shape index (κ3) is 2.92. The van der Waals surface area contributed by atoms with Gasteiger partial charge in [0.1, 0.15) is 5.82 Å². The van der Waals surface area contributed by atoms with E-state index in [9.17, 15) is 9.59 Å². The molecule has 1 aromatic heterocycles. The summed E-state index contributed by atoms with van der Waals surface area (Å²) >= 11 is 0. The standard InChI is InChI=1S/C19H14N4O2/c24-18(12-4-2-1-3-5-12)22-13-6-7-16-14(10-13)15(19(25)23-16)11-17-20-8-9-21-17/h1-11H,(H,20,21)(H,22,24)(H,23,25)/b15-11-. The number of H-pyrrole nitrogens is 1. The number of nitrogens with one attached hydrogen (secondary N) is 3. The number of aromatic nitrogens is 2. The Morgan fingerprint density at radius 2 is 1.96 bits per heavy atom. The maximum absolute atomic E-state index is 12.3. The maximum atomic E-state index is 12.3. The number of hydrogen-bond donors (Lipinski definition) is 3. The van der Waals surface area contributed by atoms with Gasteiger partial charge in [-0.2, -0.15) is 0 Å². The van der Waals surface area contributed by atoms with Gasteiger partial charge in [-0.1, -0.05) is 18.2 Å². The number of nitrogens with zero attached hydrogens (tertiary/aromatic N) is 1. The summed E-state index contributed by atoms with van der Waals surface area (Å²) in [5, 5.41) is 5.66. The molecular weight excluding hydrogens is 316 g/mol. The van der Waals surface area contributed by atoms with E-state index in [0.717, 1.165) is 5.56 Å². The summed E-state index contributed by atoms with van der Waals surface area (Å²) in [5.41, 5.74) is 3.13. The van der Waals surface area contributed by atoms with Gasteiger partial charge in [-0.25, -0.2) is 4.98 Å².